The zero-order valence-electron chi connectivity index (χ0n) is 7.45. The van der Waals surface area contributed by atoms with E-state index in [2.05, 4.69) is 21.9 Å². The number of piperidine rings is 1. The van der Waals surface area contributed by atoms with Gasteiger partial charge in [-0.05, 0) is 19.4 Å². The summed E-state index contributed by atoms with van der Waals surface area (Å²) in [5.41, 5.74) is 0. The average molecular weight is 165 g/mol. The van der Waals surface area contributed by atoms with Crippen LogP contribution in [0.3, 0.4) is 0 Å². The van der Waals surface area contributed by atoms with Gasteiger partial charge in [0.2, 0.25) is 0 Å². The summed E-state index contributed by atoms with van der Waals surface area (Å²) in [5, 5.41) is 3.40. The van der Waals surface area contributed by atoms with Crippen LogP contribution in [0.1, 0.15) is 24.6 Å². The molecule has 1 N–H and O–H groups in total. The van der Waals surface area contributed by atoms with E-state index in [1.165, 1.54) is 25.2 Å². The number of hydrogen-bond acceptors (Lipinski definition) is 2. The summed E-state index contributed by atoms with van der Waals surface area (Å²) in [6.07, 6.45) is 6.45. The van der Waals surface area contributed by atoms with Gasteiger partial charge in [0.05, 0.1) is 0 Å². The Morgan fingerprint density at radius 3 is 3.17 bits per heavy atom. The Labute approximate surface area is 72.8 Å². The van der Waals surface area contributed by atoms with E-state index in [4.69, 9.17) is 0 Å². The van der Waals surface area contributed by atoms with Gasteiger partial charge in [0.25, 0.3) is 0 Å². The van der Waals surface area contributed by atoms with Gasteiger partial charge in [0.15, 0.2) is 0 Å². The zero-order valence-corrected chi connectivity index (χ0v) is 7.45. The Bertz CT molecular complexity index is 248. The van der Waals surface area contributed by atoms with E-state index < -0.39 is 0 Å². The smallest absolute Gasteiger partial charge is 0.112 e. The van der Waals surface area contributed by atoms with Crippen LogP contribution in [0.2, 0.25) is 0 Å². The quantitative estimate of drug-likeness (QED) is 0.669. The fraction of sp³-hybridized carbons (Fsp3) is 0.667. The largest absolute Gasteiger partial charge is 0.338 e. The first kappa shape index (κ1) is 7.80. The highest BCUT2D eigenvalue weighted by atomic mass is 15.0. The summed E-state index contributed by atoms with van der Waals surface area (Å²) in [6, 6.07) is 0. The lowest BCUT2D eigenvalue weighted by atomic mass is 9.99. The molecule has 1 atom stereocenters. The number of nitrogens with one attached hydrogen (secondary N) is 1. The summed E-state index contributed by atoms with van der Waals surface area (Å²) in [5.74, 6) is 1.85. The lowest BCUT2D eigenvalue weighted by Gasteiger charge is -2.22. The summed E-state index contributed by atoms with van der Waals surface area (Å²) < 4.78 is 2.12. The van der Waals surface area contributed by atoms with Gasteiger partial charge in [-0.3, -0.25) is 0 Å². The first-order valence-corrected chi connectivity index (χ1v) is 4.56. The topological polar surface area (TPSA) is 29.9 Å². The summed E-state index contributed by atoms with van der Waals surface area (Å²) >= 11 is 0. The zero-order chi connectivity index (χ0) is 8.39. The molecule has 12 heavy (non-hydrogen) atoms. The van der Waals surface area contributed by atoms with Crippen molar-refractivity contribution in [3.05, 3.63) is 18.2 Å². The van der Waals surface area contributed by atoms with Crippen molar-refractivity contribution >= 4 is 0 Å². The maximum absolute atomic E-state index is 4.36. The molecule has 1 unspecified atom stereocenters. The van der Waals surface area contributed by atoms with Crippen LogP contribution in [0.5, 0.6) is 0 Å². The van der Waals surface area contributed by atoms with Crippen LogP contribution in [0.4, 0.5) is 0 Å². The molecule has 0 spiro atoms. The van der Waals surface area contributed by atoms with Gasteiger partial charge < -0.3 is 9.88 Å². The van der Waals surface area contributed by atoms with Crippen LogP contribution in [-0.4, -0.2) is 22.6 Å². The van der Waals surface area contributed by atoms with Gasteiger partial charge in [-0.25, -0.2) is 4.98 Å². The second-order valence-corrected chi connectivity index (χ2v) is 3.44. The van der Waals surface area contributed by atoms with Gasteiger partial charge in [-0.1, -0.05) is 0 Å². The molecule has 3 nitrogen and oxygen atoms in total. The van der Waals surface area contributed by atoms with E-state index in [1.807, 2.05) is 12.4 Å². The molecule has 0 amide bonds. The predicted octanol–water partition coefficient (Wildman–Crippen LogP) is 0.887. The van der Waals surface area contributed by atoms with Gasteiger partial charge in [-0.2, -0.15) is 0 Å². The standard InChI is InChI=1S/C9H15N3/c1-12-6-5-11-9(12)8-3-2-4-10-7-8/h5-6,8,10H,2-4,7H2,1H3. The Hall–Kier alpha value is -0.830. The molecular formula is C9H15N3. The minimum atomic E-state index is 0.624. The Morgan fingerprint density at radius 2 is 2.58 bits per heavy atom. The third kappa shape index (κ3) is 1.37. The lowest BCUT2D eigenvalue weighted by Crippen LogP contribution is -2.29. The van der Waals surface area contributed by atoms with Crippen LogP contribution in [0.15, 0.2) is 12.4 Å². The fourth-order valence-electron chi connectivity index (χ4n) is 1.84. The molecule has 2 heterocycles. The third-order valence-electron chi connectivity index (χ3n) is 2.52. The molecule has 3 heteroatoms. The van der Waals surface area contributed by atoms with E-state index in [9.17, 15) is 0 Å². The first-order chi connectivity index (χ1) is 5.88. The van der Waals surface area contributed by atoms with Crippen molar-refractivity contribution in [1.29, 1.82) is 0 Å². The summed E-state index contributed by atoms with van der Waals surface area (Å²) in [7, 11) is 2.07. The second-order valence-electron chi connectivity index (χ2n) is 3.44. The van der Waals surface area contributed by atoms with Crippen LogP contribution in [0, 0.1) is 0 Å². The minimum Gasteiger partial charge on any atom is -0.338 e. The highest BCUT2D eigenvalue weighted by molar-refractivity contribution is 5.01. The Kier molecular flexibility index (Phi) is 2.13. The Morgan fingerprint density at radius 1 is 1.67 bits per heavy atom. The molecular weight excluding hydrogens is 150 g/mol. The van der Waals surface area contributed by atoms with E-state index in [0.717, 1.165) is 6.54 Å². The number of nitrogens with zero attached hydrogens (tertiary/aromatic N) is 2. The maximum Gasteiger partial charge on any atom is 0.112 e. The van der Waals surface area contributed by atoms with Crippen molar-refractivity contribution in [2.75, 3.05) is 13.1 Å². The number of rotatable bonds is 1. The predicted molar refractivity (Wildman–Crippen MR) is 48.1 cm³/mol. The van der Waals surface area contributed by atoms with E-state index in [0.29, 0.717) is 5.92 Å². The molecule has 0 radical (unpaired) electrons. The van der Waals surface area contributed by atoms with Crippen molar-refractivity contribution in [1.82, 2.24) is 14.9 Å². The van der Waals surface area contributed by atoms with E-state index >= 15 is 0 Å². The SMILES string of the molecule is Cn1ccnc1C1CCCNC1. The number of imidazole rings is 1. The van der Waals surface area contributed by atoms with Crippen molar-refractivity contribution in [2.24, 2.45) is 7.05 Å². The molecule has 1 aliphatic heterocycles. The maximum atomic E-state index is 4.36. The van der Waals surface area contributed by atoms with Gasteiger partial charge in [0, 0.05) is 31.9 Å². The molecule has 1 aliphatic rings. The summed E-state index contributed by atoms with van der Waals surface area (Å²) in [4.78, 5) is 4.36. The molecule has 2 rings (SSSR count). The normalized spacial score (nSPS) is 24.2. The van der Waals surface area contributed by atoms with Crippen molar-refractivity contribution in [3.8, 4) is 0 Å². The van der Waals surface area contributed by atoms with E-state index in [1.54, 1.807) is 0 Å². The number of aryl methyl sites for hydroxylation is 1. The molecule has 0 saturated carbocycles. The third-order valence-corrected chi connectivity index (χ3v) is 2.52. The first-order valence-electron chi connectivity index (χ1n) is 4.56. The molecule has 0 bridgehead atoms. The molecule has 0 aromatic carbocycles. The molecule has 1 saturated heterocycles. The molecule has 66 valence electrons. The van der Waals surface area contributed by atoms with Crippen LogP contribution >= 0.6 is 0 Å². The number of hydrogen-bond donors (Lipinski definition) is 1. The monoisotopic (exact) mass is 165 g/mol. The van der Waals surface area contributed by atoms with Crippen molar-refractivity contribution < 1.29 is 0 Å². The molecule has 1 aromatic heterocycles. The average Bonchev–Trinajstić information content (AvgIpc) is 2.53. The second kappa shape index (κ2) is 3.27. The van der Waals surface area contributed by atoms with Gasteiger partial charge in [-0.15, -0.1) is 0 Å². The highest BCUT2D eigenvalue weighted by Crippen LogP contribution is 2.20. The fourth-order valence-corrected chi connectivity index (χ4v) is 1.84. The Balaban J connectivity index is 2.13. The van der Waals surface area contributed by atoms with Gasteiger partial charge >= 0.3 is 0 Å². The minimum absolute atomic E-state index is 0.624. The molecule has 0 aliphatic carbocycles. The van der Waals surface area contributed by atoms with Crippen LogP contribution in [0.25, 0.3) is 0 Å². The van der Waals surface area contributed by atoms with E-state index in [-0.39, 0.29) is 0 Å². The van der Waals surface area contributed by atoms with Crippen LogP contribution in [-0.2, 0) is 7.05 Å². The highest BCUT2D eigenvalue weighted by Gasteiger charge is 2.17. The van der Waals surface area contributed by atoms with Crippen molar-refractivity contribution in [2.45, 2.75) is 18.8 Å². The molecule has 1 fully saturated rings. The van der Waals surface area contributed by atoms with Crippen LogP contribution < -0.4 is 5.32 Å². The van der Waals surface area contributed by atoms with Gasteiger partial charge in [0.1, 0.15) is 5.82 Å². The van der Waals surface area contributed by atoms with Crippen molar-refractivity contribution in [3.63, 3.8) is 0 Å². The number of aromatic nitrogens is 2. The molecule has 1 aromatic rings. The lowest BCUT2D eigenvalue weighted by molar-refractivity contribution is 0.439. The summed E-state index contributed by atoms with van der Waals surface area (Å²) in [6.45, 7) is 2.26.